The second kappa shape index (κ2) is 5.10. The van der Waals surface area contributed by atoms with Crippen molar-refractivity contribution >= 4 is 0 Å². The second-order valence-corrected chi connectivity index (χ2v) is 2.58. The van der Waals surface area contributed by atoms with Gasteiger partial charge in [-0.05, 0) is 18.2 Å². The van der Waals surface area contributed by atoms with Gasteiger partial charge in [0.25, 0.3) is 0 Å². The number of ether oxygens (including phenoxy) is 2. The lowest BCUT2D eigenvalue weighted by molar-refractivity contribution is 0.269. The minimum atomic E-state index is -0.141. The van der Waals surface area contributed by atoms with Gasteiger partial charge >= 0.3 is 0 Å². The maximum absolute atomic E-state index is 9.02. The summed E-state index contributed by atoms with van der Waals surface area (Å²) >= 11 is 0. The first-order valence-electron chi connectivity index (χ1n) is 4.09. The fourth-order valence-corrected chi connectivity index (χ4v) is 1.06. The summed E-state index contributed by atoms with van der Waals surface area (Å²) in [6.07, 6.45) is 0. The molecule has 1 N–H and O–H groups in total. The summed E-state index contributed by atoms with van der Waals surface area (Å²) in [4.78, 5) is 0. The molecule has 0 aliphatic carbocycles. The minimum absolute atomic E-state index is 0.0284. The lowest BCUT2D eigenvalue weighted by Gasteiger charge is -2.08. The van der Waals surface area contributed by atoms with Crippen molar-refractivity contribution in [2.45, 2.75) is 6.61 Å². The Morgan fingerprint density at radius 3 is 2.86 bits per heavy atom. The van der Waals surface area contributed by atoms with Crippen molar-refractivity contribution in [2.75, 3.05) is 13.7 Å². The van der Waals surface area contributed by atoms with Crippen LogP contribution < -0.4 is 9.47 Å². The molecule has 0 amide bonds. The molecule has 4 nitrogen and oxygen atoms in total. The minimum Gasteiger partial charge on any atom is -0.497 e. The van der Waals surface area contributed by atoms with E-state index in [2.05, 4.69) is 0 Å². The van der Waals surface area contributed by atoms with Crippen molar-refractivity contribution in [2.24, 2.45) is 0 Å². The molecule has 0 radical (unpaired) electrons. The Morgan fingerprint density at radius 2 is 2.29 bits per heavy atom. The molecule has 0 heterocycles. The molecule has 1 rings (SSSR count). The zero-order chi connectivity index (χ0) is 10.4. The molecule has 0 aliphatic heterocycles. The third-order valence-electron chi connectivity index (χ3n) is 1.73. The van der Waals surface area contributed by atoms with Crippen LogP contribution in [0.3, 0.4) is 0 Å². The Kier molecular flexibility index (Phi) is 3.77. The highest BCUT2D eigenvalue weighted by Gasteiger charge is 2.04. The SMILES string of the molecule is COc1ccc(OCC#N)c(CO)c1. The number of nitriles is 1. The van der Waals surface area contributed by atoms with Crippen LogP contribution in [0.5, 0.6) is 11.5 Å². The number of methoxy groups -OCH3 is 1. The normalized spacial score (nSPS) is 9.21. The lowest BCUT2D eigenvalue weighted by atomic mass is 10.2. The van der Waals surface area contributed by atoms with Crippen molar-refractivity contribution in [3.63, 3.8) is 0 Å². The summed E-state index contributed by atoms with van der Waals surface area (Å²) in [6, 6.07) is 6.92. The smallest absolute Gasteiger partial charge is 0.174 e. The van der Waals surface area contributed by atoms with E-state index in [0.29, 0.717) is 17.1 Å². The van der Waals surface area contributed by atoms with E-state index in [1.54, 1.807) is 25.3 Å². The van der Waals surface area contributed by atoms with Gasteiger partial charge in [0.2, 0.25) is 0 Å². The van der Waals surface area contributed by atoms with E-state index in [-0.39, 0.29) is 13.2 Å². The molecule has 1 aromatic rings. The van der Waals surface area contributed by atoms with E-state index in [0.717, 1.165) is 0 Å². The van der Waals surface area contributed by atoms with Gasteiger partial charge in [0.15, 0.2) is 6.61 Å². The Labute approximate surface area is 82.3 Å². The molecule has 0 saturated carbocycles. The number of hydrogen-bond acceptors (Lipinski definition) is 4. The van der Waals surface area contributed by atoms with Gasteiger partial charge in [-0.3, -0.25) is 0 Å². The first-order chi connectivity index (χ1) is 6.81. The average molecular weight is 193 g/mol. The quantitative estimate of drug-likeness (QED) is 0.777. The van der Waals surface area contributed by atoms with E-state index in [9.17, 15) is 0 Å². The molecule has 14 heavy (non-hydrogen) atoms. The predicted octanol–water partition coefficient (Wildman–Crippen LogP) is 1.09. The molecule has 74 valence electrons. The van der Waals surface area contributed by atoms with Crippen LogP contribution in [0.15, 0.2) is 18.2 Å². The van der Waals surface area contributed by atoms with Gasteiger partial charge in [-0.15, -0.1) is 0 Å². The van der Waals surface area contributed by atoms with E-state index < -0.39 is 0 Å². The third kappa shape index (κ3) is 2.38. The molecule has 0 aliphatic rings. The molecule has 4 heteroatoms. The van der Waals surface area contributed by atoms with Crippen molar-refractivity contribution in [1.82, 2.24) is 0 Å². The monoisotopic (exact) mass is 193 g/mol. The largest absolute Gasteiger partial charge is 0.497 e. The Hall–Kier alpha value is -1.73. The van der Waals surface area contributed by atoms with Crippen molar-refractivity contribution < 1.29 is 14.6 Å². The molecule has 0 bridgehead atoms. The Morgan fingerprint density at radius 1 is 1.50 bits per heavy atom. The summed E-state index contributed by atoms with van der Waals surface area (Å²) < 4.78 is 10.1. The second-order valence-electron chi connectivity index (χ2n) is 2.58. The maximum Gasteiger partial charge on any atom is 0.174 e. The van der Waals surface area contributed by atoms with Crippen LogP contribution in [0, 0.1) is 11.3 Å². The van der Waals surface area contributed by atoms with Crippen molar-refractivity contribution in [3.8, 4) is 17.6 Å². The van der Waals surface area contributed by atoms with Gasteiger partial charge in [0.05, 0.1) is 13.7 Å². The van der Waals surface area contributed by atoms with Gasteiger partial charge in [-0.25, -0.2) is 0 Å². The number of rotatable bonds is 4. The molecule has 0 aromatic heterocycles. The Balaban J connectivity index is 2.88. The maximum atomic E-state index is 9.02. The number of hydrogen-bond donors (Lipinski definition) is 1. The zero-order valence-corrected chi connectivity index (χ0v) is 7.86. The number of nitrogens with zero attached hydrogens (tertiary/aromatic N) is 1. The molecule has 0 atom stereocenters. The number of aliphatic hydroxyl groups is 1. The Bertz CT molecular complexity index is 344. The van der Waals surface area contributed by atoms with Crippen LogP contribution in [-0.2, 0) is 6.61 Å². The third-order valence-corrected chi connectivity index (χ3v) is 1.73. The number of aliphatic hydroxyl groups excluding tert-OH is 1. The molecular weight excluding hydrogens is 182 g/mol. The van der Waals surface area contributed by atoms with Crippen LogP contribution in [0.25, 0.3) is 0 Å². The van der Waals surface area contributed by atoms with Crippen LogP contribution in [0.2, 0.25) is 0 Å². The fraction of sp³-hybridized carbons (Fsp3) is 0.300. The van der Waals surface area contributed by atoms with Gasteiger partial charge in [0, 0.05) is 5.56 Å². The van der Waals surface area contributed by atoms with Crippen LogP contribution >= 0.6 is 0 Å². The van der Waals surface area contributed by atoms with Gasteiger partial charge < -0.3 is 14.6 Å². The molecule has 1 aromatic carbocycles. The van der Waals surface area contributed by atoms with Gasteiger partial charge in [0.1, 0.15) is 17.6 Å². The topological polar surface area (TPSA) is 62.5 Å². The highest BCUT2D eigenvalue weighted by atomic mass is 16.5. The zero-order valence-electron chi connectivity index (χ0n) is 7.86. The summed E-state index contributed by atoms with van der Waals surface area (Å²) in [5.74, 6) is 1.16. The van der Waals surface area contributed by atoms with Crippen LogP contribution in [0.1, 0.15) is 5.56 Å². The lowest BCUT2D eigenvalue weighted by Crippen LogP contribution is -1.98. The molecule has 0 fully saturated rings. The molecule has 0 saturated heterocycles. The van der Waals surface area contributed by atoms with Gasteiger partial charge in [-0.2, -0.15) is 5.26 Å². The summed E-state index contributed by atoms with van der Waals surface area (Å²) in [5.41, 5.74) is 0.611. The van der Waals surface area contributed by atoms with Crippen LogP contribution in [0.4, 0.5) is 0 Å². The van der Waals surface area contributed by atoms with E-state index in [1.165, 1.54) is 0 Å². The average Bonchev–Trinajstić information content (AvgIpc) is 2.26. The van der Waals surface area contributed by atoms with E-state index >= 15 is 0 Å². The van der Waals surface area contributed by atoms with E-state index in [4.69, 9.17) is 19.8 Å². The highest BCUT2D eigenvalue weighted by Crippen LogP contribution is 2.23. The first-order valence-corrected chi connectivity index (χ1v) is 4.09. The van der Waals surface area contributed by atoms with Crippen molar-refractivity contribution in [1.29, 1.82) is 5.26 Å². The highest BCUT2D eigenvalue weighted by molar-refractivity contribution is 5.39. The van der Waals surface area contributed by atoms with Gasteiger partial charge in [-0.1, -0.05) is 0 Å². The fourth-order valence-electron chi connectivity index (χ4n) is 1.06. The predicted molar refractivity (Wildman–Crippen MR) is 50.0 cm³/mol. The summed E-state index contributed by atoms with van der Waals surface area (Å²) in [5, 5.41) is 17.3. The molecular formula is C10H11NO3. The summed E-state index contributed by atoms with van der Waals surface area (Å²) in [6.45, 7) is -0.169. The standard InChI is InChI=1S/C10H11NO3/c1-13-9-2-3-10(14-5-4-11)8(6-9)7-12/h2-3,6,12H,5,7H2,1H3. The molecule has 0 spiro atoms. The first kappa shape index (κ1) is 10.4. The van der Waals surface area contributed by atoms with Crippen molar-refractivity contribution in [3.05, 3.63) is 23.8 Å². The number of benzene rings is 1. The summed E-state index contributed by atoms with van der Waals surface area (Å²) in [7, 11) is 1.55. The molecule has 0 unspecified atom stereocenters. The van der Waals surface area contributed by atoms with Crippen LogP contribution in [-0.4, -0.2) is 18.8 Å². The van der Waals surface area contributed by atoms with E-state index in [1.807, 2.05) is 6.07 Å².